The summed E-state index contributed by atoms with van der Waals surface area (Å²) < 4.78 is 0. The molecule has 1 atom stereocenters. The van der Waals surface area contributed by atoms with Gasteiger partial charge in [0.1, 0.15) is 0 Å². The molecule has 0 bridgehead atoms. The third-order valence-corrected chi connectivity index (χ3v) is 6.98. The van der Waals surface area contributed by atoms with Crippen LogP contribution in [0.15, 0.2) is 12.1 Å². The van der Waals surface area contributed by atoms with Crippen LogP contribution in [0.3, 0.4) is 0 Å². The molecule has 0 aliphatic carbocycles. The first kappa shape index (κ1) is 20.6. The van der Waals surface area contributed by atoms with Gasteiger partial charge in [0.2, 0.25) is 5.91 Å². The van der Waals surface area contributed by atoms with E-state index in [0.717, 1.165) is 36.6 Å². The maximum Gasteiger partial charge on any atom is 0.251 e. The lowest BCUT2D eigenvalue weighted by atomic mass is 10.1. The van der Waals surface area contributed by atoms with Crippen LogP contribution in [0.4, 0.5) is 0 Å². The summed E-state index contributed by atoms with van der Waals surface area (Å²) in [7, 11) is 3.88. The fourth-order valence-corrected chi connectivity index (χ4v) is 5.55. The lowest BCUT2D eigenvalue weighted by molar-refractivity contribution is -0.121. The van der Waals surface area contributed by atoms with Gasteiger partial charge >= 0.3 is 0 Å². The Labute approximate surface area is 160 Å². The molecular formula is C17H24N2O5S2. The Morgan fingerprint density at radius 3 is 2.42 bits per heavy atom. The summed E-state index contributed by atoms with van der Waals surface area (Å²) in [5.74, 6) is -1.13. The maximum absolute atomic E-state index is 11.9. The monoisotopic (exact) mass is 400 g/mol. The number of amides is 2. The van der Waals surface area contributed by atoms with E-state index in [-0.39, 0.29) is 18.0 Å². The molecule has 2 amide bonds. The first-order valence-corrected chi connectivity index (χ1v) is 10.9. The summed E-state index contributed by atoms with van der Waals surface area (Å²) in [6, 6.07) is 2.12. The smallest absolute Gasteiger partial charge is 0.251 e. The standard InChI is InChI=1S/C17H24N2O5S2/c20-13-9-11(10-14(21)16(13)23)17(24)19-7-6-18-15(22)4-2-1-3-12-5-8-25-26-12/h9-10,12,20-21,23H,1-8H2,(H,18,22)(H,19,24). The van der Waals surface area contributed by atoms with Crippen molar-refractivity contribution < 1.29 is 24.9 Å². The minimum atomic E-state index is -0.668. The maximum atomic E-state index is 11.9. The van der Waals surface area contributed by atoms with E-state index >= 15 is 0 Å². The normalized spacial score (nSPS) is 16.4. The Bertz CT molecular complexity index is 613. The van der Waals surface area contributed by atoms with Crippen molar-refractivity contribution >= 4 is 33.4 Å². The first-order chi connectivity index (χ1) is 12.5. The van der Waals surface area contributed by atoms with Gasteiger partial charge in [0.15, 0.2) is 17.2 Å². The van der Waals surface area contributed by atoms with Crippen LogP contribution in [0.25, 0.3) is 0 Å². The highest BCUT2D eigenvalue weighted by molar-refractivity contribution is 8.77. The zero-order chi connectivity index (χ0) is 18.9. The van der Waals surface area contributed by atoms with Gasteiger partial charge in [-0.3, -0.25) is 9.59 Å². The minimum Gasteiger partial charge on any atom is -0.504 e. The molecule has 26 heavy (non-hydrogen) atoms. The Morgan fingerprint density at radius 1 is 1.08 bits per heavy atom. The largest absolute Gasteiger partial charge is 0.504 e. The molecule has 1 fully saturated rings. The average Bonchev–Trinajstić information content (AvgIpc) is 3.13. The average molecular weight is 401 g/mol. The number of rotatable bonds is 9. The van der Waals surface area contributed by atoms with E-state index in [1.54, 1.807) is 0 Å². The Hall–Kier alpha value is -1.74. The summed E-state index contributed by atoms with van der Waals surface area (Å²) in [5.41, 5.74) is 0.0204. The number of phenols is 3. The van der Waals surface area contributed by atoms with E-state index in [1.807, 2.05) is 21.6 Å². The molecule has 2 rings (SSSR count). The Morgan fingerprint density at radius 2 is 1.77 bits per heavy atom. The van der Waals surface area contributed by atoms with Crippen LogP contribution in [-0.2, 0) is 4.79 Å². The summed E-state index contributed by atoms with van der Waals surface area (Å²) >= 11 is 0. The number of carbonyl (C=O) groups excluding carboxylic acids is 2. The van der Waals surface area contributed by atoms with Crippen LogP contribution in [0.1, 0.15) is 42.5 Å². The van der Waals surface area contributed by atoms with Gasteiger partial charge in [-0.2, -0.15) is 0 Å². The van der Waals surface area contributed by atoms with E-state index < -0.39 is 23.2 Å². The van der Waals surface area contributed by atoms with E-state index in [0.29, 0.717) is 13.0 Å². The molecule has 1 heterocycles. The van der Waals surface area contributed by atoms with E-state index in [1.165, 1.54) is 12.2 Å². The van der Waals surface area contributed by atoms with Gasteiger partial charge in [-0.1, -0.05) is 28.0 Å². The number of aromatic hydroxyl groups is 3. The van der Waals surface area contributed by atoms with Crippen LogP contribution in [0.2, 0.25) is 0 Å². The molecular weight excluding hydrogens is 376 g/mol. The van der Waals surface area contributed by atoms with Gasteiger partial charge in [0.25, 0.3) is 5.91 Å². The highest BCUT2D eigenvalue weighted by atomic mass is 33.1. The van der Waals surface area contributed by atoms with Gasteiger partial charge in [-0.25, -0.2) is 0 Å². The SMILES string of the molecule is O=C(CCCCC1CCSS1)NCCNC(=O)c1cc(O)c(O)c(O)c1. The van der Waals surface area contributed by atoms with Crippen molar-refractivity contribution in [2.45, 2.75) is 37.4 Å². The molecule has 1 aromatic rings. The predicted molar refractivity (Wildman–Crippen MR) is 104 cm³/mol. The van der Waals surface area contributed by atoms with Crippen molar-refractivity contribution in [2.24, 2.45) is 0 Å². The van der Waals surface area contributed by atoms with Gasteiger partial charge in [-0.15, -0.1) is 0 Å². The molecule has 1 unspecified atom stereocenters. The fraction of sp³-hybridized carbons (Fsp3) is 0.529. The van der Waals surface area contributed by atoms with E-state index in [9.17, 15) is 24.9 Å². The number of hydrogen-bond acceptors (Lipinski definition) is 7. The highest BCUT2D eigenvalue weighted by Crippen LogP contribution is 2.39. The van der Waals surface area contributed by atoms with Gasteiger partial charge < -0.3 is 26.0 Å². The second-order valence-corrected chi connectivity index (χ2v) is 8.83. The lowest BCUT2D eigenvalue weighted by Gasteiger charge is -2.09. The quantitative estimate of drug-likeness (QED) is 0.245. The first-order valence-electron chi connectivity index (χ1n) is 8.55. The Balaban J connectivity index is 1.57. The third kappa shape index (κ3) is 6.53. The third-order valence-electron chi connectivity index (χ3n) is 3.97. The summed E-state index contributed by atoms with van der Waals surface area (Å²) in [5, 5.41) is 34.1. The molecule has 7 nitrogen and oxygen atoms in total. The van der Waals surface area contributed by atoms with Crippen LogP contribution in [0, 0.1) is 0 Å². The Kier molecular flexibility index (Phi) is 8.24. The molecule has 0 aromatic heterocycles. The second kappa shape index (κ2) is 10.4. The van der Waals surface area contributed by atoms with Crippen molar-refractivity contribution in [1.82, 2.24) is 10.6 Å². The van der Waals surface area contributed by atoms with Crippen molar-refractivity contribution in [1.29, 1.82) is 0 Å². The van der Waals surface area contributed by atoms with Crippen LogP contribution < -0.4 is 10.6 Å². The molecule has 1 aromatic carbocycles. The van der Waals surface area contributed by atoms with Crippen LogP contribution in [-0.4, -0.2) is 51.2 Å². The van der Waals surface area contributed by atoms with E-state index in [2.05, 4.69) is 10.6 Å². The van der Waals surface area contributed by atoms with Gasteiger partial charge in [0, 0.05) is 36.1 Å². The molecule has 1 aliphatic rings. The lowest BCUT2D eigenvalue weighted by Crippen LogP contribution is -2.34. The number of benzene rings is 1. The number of hydrogen-bond donors (Lipinski definition) is 5. The van der Waals surface area contributed by atoms with Crippen molar-refractivity contribution in [3.8, 4) is 17.2 Å². The number of phenolic OH excluding ortho intramolecular Hbond substituents is 3. The minimum absolute atomic E-state index is 0.0204. The topological polar surface area (TPSA) is 119 Å². The fourth-order valence-electron chi connectivity index (χ4n) is 2.53. The molecule has 0 saturated carbocycles. The summed E-state index contributed by atoms with van der Waals surface area (Å²) in [4.78, 5) is 23.7. The zero-order valence-electron chi connectivity index (χ0n) is 14.4. The molecule has 0 radical (unpaired) electrons. The second-order valence-electron chi connectivity index (χ2n) is 6.04. The molecule has 1 aliphatic heterocycles. The predicted octanol–water partition coefficient (Wildman–Crippen LogP) is 2.36. The van der Waals surface area contributed by atoms with Gasteiger partial charge in [0.05, 0.1) is 0 Å². The molecule has 0 spiro atoms. The summed E-state index contributed by atoms with van der Waals surface area (Å²) in [6.07, 6.45) is 4.82. The summed E-state index contributed by atoms with van der Waals surface area (Å²) in [6.45, 7) is 0.526. The molecule has 9 heteroatoms. The van der Waals surface area contributed by atoms with E-state index in [4.69, 9.17) is 0 Å². The number of unbranched alkanes of at least 4 members (excludes halogenated alkanes) is 1. The highest BCUT2D eigenvalue weighted by Gasteiger charge is 2.16. The number of carbonyl (C=O) groups is 2. The van der Waals surface area contributed by atoms with Crippen molar-refractivity contribution in [2.75, 3.05) is 18.8 Å². The van der Waals surface area contributed by atoms with Gasteiger partial charge in [-0.05, 0) is 31.4 Å². The molecule has 1 saturated heterocycles. The van der Waals surface area contributed by atoms with Crippen molar-refractivity contribution in [3.05, 3.63) is 17.7 Å². The van der Waals surface area contributed by atoms with Crippen LogP contribution >= 0.6 is 21.6 Å². The zero-order valence-corrected chi connectivity index (χ0v) is 16.0. The molecule has 144 valence electrons. The number of nitrogens with one attached hydrogen (secondary N) is 2. The molecule has 5 N–H and O–H groups in total. The van der Waals surface area contributed by atoms with Crippen LogP contribution in [0.5, 0.6) is 17.2 Å². The van der Waals surface area contributed by atoms with Crippen molar-refractivity contribution in [3.63, 3.8) is 0 Å².